The molecular formula is C16H22N2O4. The number of rotatable bonds is 3. The highest BCUT2D eigenvalue weighted by atomic mass is 16.6. The molecule has 0 saturated carbocycles. The van der Waals surface area contributed by atoms with Crippen LogP contribution in [0, 0.1) is 0 Å². The van der Waals surface area contributed by atoms with Gasteiger partial charge >= 0.3 is 6.09 Å². The summed E-state index contributed by atoms with van der Waals surface area (Å²) in [5.74, 6) is 0. The number of morpholine rings is 1. The van der Waals surface area contributed by atoms with Crippen molar-refractivity contribution < 1.29 is 19.1 Å². The molecule has 2 rings (SSSR count). The first kappa shape index (κ1) is 16.3. The van der Waals surface area contributed by atoms with Crippen molar-refractivity contribution in [2.24, 2.45) is 0 Å². The highest BCUT2D eigenvalue weighted by molar-refractivity contribution is 5.73. The Hall–Kier alpha value is -2.08. The van der Waals surface area contributed by atoms with Crippen molar-refractivity contribution in [2.45, 2.75) is 32.1 Å². The number of anilines is 1. The molecule has 1 aromatic rings. The zero-order valence-corrected chi connectivity index (χ0v) is 13.2. The summed E-state index contributed by atoms with van der Waals surface area (Å²) in [4.78, 5) is 25.2. The molecule has 6 heteroatoms. The van der Waals surface area contributed by atoms with Crippen molar-refractivity contribution >= 4 is 18.1 Å². The van der Waals surface area contributed by atoms with Crippen molar-refractivity contribution in [2.75, 3.05) is 25.0 Å². The molecule has 1 unspecified atom stereocenters. The Kier molecular flexibility index (Phi) is 4.71. The predicted octanol–water partition coefficient (Wildman–Crippen LogP) is 2.26. The van der Waals surface area contributed by atoms with E-state index in [-0.39, 0.29) is 13.2 Å². The molecule has 1 aliphatic rings. The van der Waals surface area contributed by atoms with Crippen molar-refractivity contribution in [1.29, 1.82) is 0 Å². The number of hydrogen-bond acceptors (Lipinski definition) is 5. The van der Waals surface area contributed by atoms with Crippen molar-refractivity contribution in [3.05, 3.63) is 30.3 Å². The Labute approximate surface area is 130 Å². The Balaban J connectivity index is 2.09. The Morgan fingerprint density at radius 3 is 2.64 bits per heavy atom. The number of nitrogens with one attached hydrogen (secondary N) is 1. The number of para-hydroxylation sites is 1. The largest absolute Gasteiger partial charge is 0.444 e. The lowest BCUT2D eigenvalue weighted by Crippen LogP contribution is -2.59. The second kappa shape index (κ2) is 6.36. The van der Waals surface area contributed by atoms with Crippen LogP contribution >= 0.6 is 0 Å². The van der Waals surface area contributed by atoms with Gasteiger partial charge in [0.1, 0.15) is 5.60 Å². The fourth-order valence-electron chi connectivity index (χ4n) is 2.17. The van der Waals surface area contributed by atoms with Gasteiger partial charge in [0.2, 0.25) is 5.72 Å². The van der Waals surface area contributed by atoms with Gasteiger partial charge in [-0.05, 0) is 32.9 Å². The molecule has 1 saturated heterocycles. The van der Waals surface area contributed by atoms with E-state index in [0.29, 0.717) is 12.8 Å². The number of carbonyl (C=O) groups is 2. The first-order valence-corrected chi connectivity index (χ1v) is 7.25. The van der Waals surface area contributed by atoms with Gasteiger partial charge in [-0.1, -0.05) is 18.2 Å². The molecule has 0 bridgehead atoms. The standard InChI is InChI=1S/C16H22N2O4/c1-15(2,3)22-14(20)18-9-10-21-16(11-18,12-19)17-13-7-5-4-6-8-13/h4-8,12,17H,9-11H2,1-3H3. The van der Waals surface area contributed by atoms with Crippen molar-refractivity contribution in [3.63, 3.8) is 0 Å². The van der Waals surface area contributed by atoms with Gasteiger partial charge in [-0.15, -0.1) is 0 Å². The van der Waals surface area contributed by atoms with E-state index in [1.54, 1.807) is 20.8 Å². The molecule has 6 nitrogen and oxygen atoms in total. The Morgan fingerprint density at radius 2 is 2.05 bits per heavy atom. The monoisotopic (exact) mass is 306 g/mol. The molecule has 1 aromatic carbocycles. The van der Waals surface area contributed by atoms with Crippen LogP contribution in [0.2, 0.25) is 0 Å². The summed E-state index contributed by atoms with van der Waals surface area (Å²) in [5.41, 5.74) is -1.08. The van der Waals surface area contributed by atoms with Crippen LogP contribution in [-0.2, 0) is 14.3 Å². The van der Waals surface area contributed by atoms with Gasteiger partial charge in [0.05, 0.1) is 13.2 Å². The van der Waals surface area contributed by atoms with Crippen LogP contribution in [-0.4, -0.2) is 48.3 Å². The maximum Gasteiger partial charge on any atom is 0.410 e. The van der Waals surface area contributed by atoms with Crippen LogP contribution in [0.3, 0.4) is 0 Å². The number of hydrogen-bond donors (Lipinski definition) is 1. The van der Waals surface area contributed by atoms with E-state index in [9.17, 15) is 9.59 Å². The summed E-state index contributed by atoms with van der Waals surface area (Å²) in [5, 5.41) is 3.05. The highest BCUT2D eigenvalue weighted by Crippen LogP contribution is 2.21. The summed E-state index contributed by atoms with van der Waals surface area (Å²) in [6, 6.07) is 9.26. The molecule has 1 heterocycles. The first-order valence-electron chi connectivity index (χ1n) is 7.25. The van der Waals surface area contributed by atoms with E-state index >= 15 is 0 Å². The lowest BCUT2D eigenvalue weighted by molar-refractivity contribution is -0.137. The zero-order valence-electron chi connectivity index (χ0n) is 13.2. The minimum atomic E-state index is -1.25. The minimum absolute atomic E-state index is 0.0975. The summed E-state index contributed by atoms with van der Waals surface area (Å²) in [7, 11) is 0. The maximum absolute atomic E-state index is 12.2. The van der Waals surface area contributed by atoms with Crippen LogP contribution in [0.15, 0.2) is 30.3 Å². The highest BCUT2D eigenvalue weighted by Gasteiger charge is 2.39. The number of aldehydes is 1. The zero-order chi connectivity index (χ0) is 16.2. The second-order valence-electron chi connectivity index (χ2n) is 6.25. The summed E-state index contributed by atoms with van der Waals surface area (Å²) >= 11 is 0. The predicted molar refractivity (Wildman–Crippen MR) is 82.6 cm³/mol. The number of benzene rings is 1. The van der Waals surface area contributed by atoms with Crippen LogP contribution in [0.25, 0.3) is 0 Å². The quantitative estimate of drug-likeness (QED) is 0.868. The molecule has 120 valence electrons. The number of carbonyl (C=O) groups excluding carboxylic acids is 2. The molecule has 1 amide bonds. The summed E-state index contributed by atoms with van der Waals surface area (Å²) < 4.78 is 11.0. The summed E-state index contributed by atoms with van der Waals surface area (Å²) in [6.07, 6.45) is 0.244. The molecule has 0 aliphatic carbocycles. The van der Waals surface area contributed by atoms with Gasteiger partial charge in [0, 0.05) is 12.2 Å². The van der Waals surface area contributed by atoms with E-state index in [4.69, 9.17) is 9.47 Å². The van der Waals surface area contributed by atoms with Gasteiger partial charge in [-0.25, -0.2) is 4.79 Å². The van der Waals surface area contributed by atoms with E-state index < -0.39 is 17.4 Å². The van der Waals surface area contributed by atoms with E-state index in [2.05, 4.69) is 5.32 Å². The van der Waals surface area contributed by atoms with Crippen LogP contribution < -0.4 is 5.32 Å². The van der Waals surface area contributed by atoms with E-state index in [1.165, 1.54) is 4.90 Å². The van der Waals surface area contributed by atoms with Crippen LogP contribution in [0.4, 0.5) is 10.5 Å². The molecule has 1 atom stereocenters. The fraction of sp³-hybridized carbons (Fsp3) is 0.500. The molecule has 0 aromatic heterocycles. The van der Waals surface area contributed by atoms with Gasteiger partial charge in [-0.2, -0.15) is 0 Å². The van der Waals surface area contributed by atoms with Gasteiger partial charge in [-0.3, -0.25) is 4.79 Å². The van der Waals surface area contributed by atoms with E-state index in [0.717, 1.165) is 5.69 Å². The van der Waals surface area contributed by atoms with Crippen LogP contribution in [0.1, 0.15) is 20.8 Å². The average molecular weight is 306 g/mol. The molecule has 0 spiro atoms. The van der Waals surface area contributed by atoms with Crippen molar-refractivity contribution in [1.82, 2.24) is 4.90 Å². The lowest BCUT2D eigenvalue weighted by Gasteiger charge is -2.40. The molecule has 1 N–H and O–H groups in total. The van der Waals surface area contributed by atoms with Gasteiger partial charge < -0.3 is 19.7 Å². The SMILES string of the molecule is CC(C)(C)OC(=O)N1CCOC(C=O)(Nc2ccccc2)C1. The average Bonchev–Trinajstić information content (AvgIpc) is 2.47. The summed E-state index contributed by atoms with van der Waals surface area (Å²) in [6.45, 7) is 6.17. The third-order valence-corrected chi connectivity index (χ3v) is 3.12. The normalized spacial score (nSPS) is 22.0. The minimum Gasteiger partial charge on any atom is -0.444 e. The molecule has 1 fully saturated rings. The number of ether oxygens (including phenoxy) is 2. The van der Waals surface area contributed by atoms with Crippen LogP contribution in [0.5, 0.6) is 0 Å². The second-order valence-corrected chi connectivity index (χ2v) is 6.25. The van der Waals surface area contributed by atoms with Gasteiger partial charge in [0.15, 0.2) is 6.29 Å². The third-order valence-electron chi connectivity index (χ3n) is 3.12. The van der Waals surface area contributed by atoms with E-state index in [1.807, 2.05) is 30.3 Å². The topological polar surface area (TPSA) is 67.9 Å². The molecular weight excluding hydrogens is 284 g/mol. The number of amides is 1. The molecule has 1 aliphatic heterocycles. The lowest BCUT2D eigenvalue weighted by atomic mass is 10.1. The third kappa shape index (κ3) is 4.21. The Bertz CT molecular complexity index is 527. The Morgan fingerprint density at radius 1 is 1.36 bits per heavy atom. The smallest absolute Gasteiger partial charge is 0.410 e. The number of nitrogens with zero attached hydrogens (tertiary/aromatic N) is 1. The fourth-order valence-corrected chi connectivity index (χ4v) is 2.17. The van der Waals surface area contributed by atoms with Crippen molar-refractivity contribution in [3.8, 4) is 0 Å². The van der Waals surface area contributed by atoms with Gasteiger partial charge in [0.25, 0.3) is 0 Å². The first-order chi connectivity index (χ1) is 10.3. The molecule has 0 radical (unpaired) electrons. The molecule has 22 heavy (non-hydrogen) atoms. The maximum atomic E-state index is 12.2.